The number of nitrogens with two attached hydrogens (primary N) is 2. The van der Waals surface area contributed by atoms with Crippen LogP contribution in [0.15, 0.2) is 34.3 Å². The van der Waals surface area contributed by atoms with Crippen molar-refractivity contribution < 1.29 is 0 Å². The van der Waals surface area contributed by atoms with Gasteiger partial charge in [0.05, 0.1) is 0 Å². The molecule has 4 N–H and O–H groups in total. The van der Waals surface area contributed by atoms with E-state index in [1.165, 1.54) is 16.4 Å². The third-order valence-corrected chi connectivity index (χ3v) is 3.11. The molecule has 0 unspecified atom stereocenters. The molecular weight excluding hydrogens is 222 g/mol. The fraction of sp³-hybridized carbons (Fsp3) is 0.200. The predicted octanol–water partition coefficient (Wildman–Crippen LogP) is 1.29. The molecule has 1 aromatic carbocycles. The summed E-state index contributed by atoms with van der Waals surface area (Å²) in [5.41, 5.74) is 6.35. The topological polar surface area (TPSA) is 82.8 Å². The van der Waals surface area contributed by atoms with Gasteiger partial charge in [0.25, 0.3) is 0 Å². The monoisotopic (exact) mass is 235 g/mol. The second kappa shape index (κ2) is 4.44. The van der Waals surface area contributed by atoms with Crippen molar-refractivity contribution in [3.05, 3.63) is 30.1 Å². The highest BCUT2D eigenvalue weighted by Gasteiger charge is 2.08. The van der Waals surface area contributed by atoms with E-state index < -0.39 is 0 Å². The van der Waals surface area contributed by atoms with Gasteiger partial charge in [-0.25, -0.2) is 4.68 Å². The van der Waals surface area contributed by atoms with Crippen molar-refractivity contribution in [2.24, 2.45) is 0 Å². The summed E-state index contributed by atoms with van der Waals surface area (Å²) < 4.78 is 1.51. The molecule has 1 heterocycles. The number of aryl methyl sites for hydroxylation is 1. The van der Waals surface area contributed by atoms with Crippen molar-refractivity contribution in [1.29, 1.82) is 0 Å². The quantitative estimate of drug-likeness (QED) is 0.618. The van der Waals surface area contributed by atoms with Gasteiger partial charge in [-0.2, -0.15) is 0 Å². The maximum atomic E-state index is 5.84. The Kier molecular flexibility index (Phi) is 3.00. The Morgan fingerprint density at radius 3 is 2.50 bits per heavy atom. The number of hydrogen-bond acceptors (Lipinski definition) is 5. The first-order valence-corrected chi connectivity index (χ1v) is 5.75. The minimum atomic E-state index is 0.682. The van der Waals surface area contributed by atoms with Crippen molar-refractivity contribution in [3.63, 3.8) is 0 Å². The lowest BCUT2D eigenvalue weighted by molar-refractivity contribution is 0.796. The molecule has 2 aromatic rings. The summed E-state index contributed by atoms with van der Waals surface area (Å²) in [6.07, 6.45) is 0.770. The lowest BCUT2D eigenvalue weighted by atomic mass is 10.3. The third kappa shape index (κ3) is 2.11. The Bertz CT molecular complexity index is 476. The second-order valence-electron chi connectivity index (χ2n) is 3.29. The van der Waals surface area contributed by atoms with Gasteiger partial charge in [0.2, 0.25) is 5.16 Å². The van der Waals surface area contributed by atoms with E-state index in [0.29, 0.717) is 5.16 Å². The lowest BCUT2D eigenvalue weighted by Crippen LogP contribution is -2.13. The first-order valence-electron chi connectivity index (χ1n) is 4.93. The van der Waals surface area contributed by atoms with Gasteiger partial charge in [0.1, 0.15) is 0 Å². The average molecular weight is 235 g/mol. The predicted molar refractivity (Wildman–Crippen MR) is 64.5 cm³/mol. The van der Waals surface area contributed by atoms with Gasteiger partial charge in [0.15, 0.2) is 5.82 Å². The fourth-order valence-corrected chi connectivity index (χ4v) is 2.03. The Labute approximate surface area is 97.8 Å². The van der Waals surface area contributed by atoms with E-state index in [4.69, 9.17) is 11.6 Å². The number of aromatic nitrogens is 3. The highest BCUT2D eigenvalue weighted by Crippen LogP contribution is 2.26. The SMILES string of the molecule is CCc1nnc(Sc2ccc(N)cc2)n1N. The molecule has 0 radical (unpaired) electrons. The number of anilines is 1. The number of rotatable bonds is 3. The summed E-state index contributed by atoms with van der Waals surface area (Å²) in [7, 11) is 0. The van der Waals surface area contributed by atoms with E-state index in [2.05, 4.69) is 10.2 Å². The van der Waals surface area contributed by atoms with Crippen LogP contribution in [0.25, 0.3) is 0 Å². The Morgan fingerprint density at radius 2 is 1.94 bits per heavy atom. The van der Waals surface area contributed by atoms with Crippen molar-refractivity contribution in [1.82, 2.24) is 14.9 Å². The van der Waals surface area contributed by atoms with Crippen LogP contribution in [0, 0.1) is 0 Å². The molecule has 0 aliphatic carbocycles. The van der Waals surface area contributed by atoms with Gasteiger partial charge >= 0.3 is 0 Å². The van der Waals surface area contributed by atoms with E-state index >= 15 is 0 Å². The van der Waals surface area contributed by atoms with Crippen LogP contribution in [0.4, 0.5) is 5.69 Å². The number of hydrogen-bond donors (Lipinski definition) is 2. The molecule has 0 spiro atoms. The van der Waals surface area contributed by atoms with Crippen molar-refractivity contribution in [3.8, 4) is 0 Å². The molecule has 0 saturated heterocycles. The molecule has 0 aliphatic rings. The molecule has 1 aromatic heterocycles. The molecule has 0 aliphatic heterocycles. The molecule has 2 rings (SSSR count). The molecule has 16 heavy (non-hydrogen) atoms. The van der Waals surface area contributed by atoms with Gasteiger partial charge < -0.3 is 11.6 Å². The van der Waals surface area contributed by atoms with Crippen LogP contribution in [0.2, 0.25) is 0 Å². The molecule has 0 saturated carbocycles. The average Bonchev–Trinajstić information content (AvgIpc) is 2.63. The summed E-state index contributed by atoms with van der Waals surface area (Å²) in [6, 6.07) is 7.56. The van der Waals surface area contributed by atoms with Gasteiger partial charge in [-0.15, -0.1) is 10.2 Å². The van der Waals surface area contributed by atoms with E-state index in [1.807, 2.05) is 31.2 Å². The highest BCUT2D eigenvalue weighted by molar-refractivity contribution is 7.99. The number of nitrogens with zero attached hydrogens (tertiary/aromatic N) is 3. The zero-order chi connectivity index (χ0) is 11.5. The van der Waals surface area contributed by atoms with Crippen LogP contribution in [-0.4, -0.2) is 14.9 Å². The minimum absolute atomic E-state index is 0.682. The maximum Gasteiger partial charge on any atom is 0.214 e. The summed E-state index contributed by atoms with van der Waals surface area (Å²) in [5.74, 6) is 6.61. The minimum Gasteiger partial charge on any atom is -0.399 e. The van der Waals surface area contributed by atoms with Gasteiger partial charge in [0, 0.05) is 17.0 Å². The van der Waals surface area contributed by atoms with Crippen molar-refractivity contribution in [2.75, 3.05) is 11.6 Å². The van der Waals surface area contributed by atoms with E-state index in [1.54, 1.807) is 0 Å². The first-order chi connectivity index (χ1) is 7.70. The van der Waals surface area contributed by atoms with Gasteiger partial charge in [-0.1, -0.05) is 6.92 Å². The molecular formula is C10H13N5S. The first kappa shape index (κ1) is 10.8. The normalized spacial score (nSPS) is 10.6. The van der Waals surface area contributed by atoms with Crippen LogP contribution < -0.4 is 11.6 Å². The summed E-state index contributed by atoms with van der Waals surface area (Å²) in [5, 5.41) is 8.70. The number of nitrogen functional groups attached to an aromatic ring is 2. The molecule has 84 valence electrons. The van der Waals surface area contributed by atoms with Gasteiger partial charge in [-0.3, -0.25) is 0 Å². The van der Waals surface area contributed by atoms with E-state index in [0.717, 1.165) is 22.8 Å². The largest absolute Gasteiger partial charge is 0.399 e. The molecule has 6 heteroatoms. The van der Waals surface area contributed by atoms with Crippen LogP contribution in [0.5, 0.6) is 0 Å². The number of benzene rings is 1. The smallest absolute Gasteiger partial charge is 0.214 e. The maximum absolute atomic E-state index is 5.84. The Morgan fingerprint density at radius 1 is 1.25 bits per heavy atom. The van der Waals surface area contributed by atoms with E-state index in [9.17, 15) is 0 Å². The zero-order valence-electron chi connectivity index (χ0n) is 8.92. The molecule has 0 fully saturated rings. The zero-order valence-corrected chi connectivity index (χ0v) is 9.74. The molecule has 0 atom stereocenters. The van der Waals surface area contributed by atoms with Crippen molar-refractivity contribution in [2.45, 2.75) is 23.4 Å². The summed E-state index contributed by atoms with van der Waals surface area (Å²) in [4.78, 5) is 1.04. The summed E-state index contributed by atoms with van der Waals surface area (Å²) >= 11 is 1.47. The van der Waals surface area contributed by atoms with Crippen LogP contribution >= 0.6 is 11.8 Å². The van der Waals surface area contributed by atoms with Crippen LogP contribution in [-0.2, 0) is 6.42 Å². The standard InChI is InChI=1S/C10H13N5S/c1-2-9-13-14-10(15(9)12)16-8-5-3-7(11)4-6-8/h3-6H,2,11-12H2,1H3. The van der Waals surface area contributed by atoms with Gasteiger partial charge in [-0.05, 0) is 36.0 Å². The molecule has 5 nitrogen and oxygen atoms in total. The van der Waals surface area contributed by atoms with Crippen LogP contribution in [0.1, 0.15) is 12.7 Å². The van der Waals surface area contributed by atoms with Crippen LogP contribution in [0.3, 0.4) is 0 Å². The Hall–Kier alpha value is -1.69. The second-order valence-corrected chi connectivity index (χ2v) is 4.33. The van der Waals surface area contributed by atoms with E-state index in [-0.39, 0.29) is 0 Å². The lowest BCUT2D eigenvalue weighted by Gasteiger charge is -2.02. The molecule has 0 bridgehead atoms. The fourth-order valence-electron chi connectivity index (χ4n) is 1.26. The highest BCUT2D eigenvalue weighted by atomic mass is 32.2. The van der Waals surface area contributed by atoms with Crippen molar-refractivity contribution >= 4 is 17.4 Å². The summed E-state index contributed by atoms with van der Waals surface area (Å²) in [6.45, 7) is 1.99. The molecule has 0 amide bonds. The Balaban J connectivity index is 2.20. The third-order valence-electron chi connectivity index (χ3n) is 2.14.